The molecule has 1 saturated heterocycles. The Morgan fingerprint density at radius 3 is 2.09 bits per heavy atom. The van der Waals surface area contributed by atoms with Crippen molar-refractivity contribution in [3.63, 3.8) is 0 Å². The average molecular weight is 466 g/mol. The summed E-state index contributed by atoms with van der Waals surface area (Å²) in [5.41, 5.74) is 9.32. The van der Waals surface area contributed by atoms with Gasteiger partial charge in [0.1, 0.15) is 0 Å². The number of benzene rings is 1. The van der Waals surface area contributed by atoms with Gasteiger partial charge in [-0.25, -0.2) is 0 Å². The first-order valence-electron chi connectivity index (χ1n) is 11.8. The molecule has 1 aromatic rings. The molecule has 9 nitrogen and oxygen atoms in total. The Bertz CT molecular complexity index is 673. The Labute approximate surface area is 197 Å². The van der Waals surface area contributed by atoms with E-state index in [1.165, 1.54) is 5.56 Å². The van der Waals surface area contributed by atoms with Gasteiger partial charge < -0.3 is 28.4 Å². The highest BCUT2D eigenvalue weighted by atomic mass is 16.6. The van der Waals surface area contributed by atoms with Crippen LogP contribution in [0.3, 0.4) is 0 Å². The van der Waals surface area contributed by atoms with E-state index in [2.05, 4.69) is 42.9 Å². The largest absolute Gasteiger partial charge is 0.379 e. The molecule has 0 bridgehead atoms. The van der Waals surface area contributed by atoms with Crippen LogP contribution in [0.5, 0.6) is 0 Å². The van der Waals surface area contributed by atoms with E-state index in [4.69, 9.17) is 34.0 Å². The first kappa shape index (κ1) is 27.5. The zero-order chi connectivity index (χ0) is 23.7. The van der Waals surface area contributed by atoms with Gasteiger partial charge in [0.25, 0.3) is 0 Å². The molecule has 3 unspecified atom stereocenters. The van der Waals surface area contributed by atoms with E-state index in [1.807, 2.05) is 18.2 Å². The monoisotopic (exact) mass is 465 g/mol. The highest BCUT2D eigenvalue weighted by Gasteiger charge is 2.40. The molecule has 0 saturated carbocycles. The van der Waals surface area contributed by atoms with Crippen LogP contribution in [0.1, 0.15) is 26.3 Å². The van der Waals surface area contributed by atoms with Crippen LogP contribution in [0.15, 0.2) is 35.4 Å². The summed E-state index contributed by atoms with van der Waals surface area (Å²) in [7, 11) is 0. The summed E-state index contributed by atoms with van der Waals surface area (Å²) in [6.07, 6.45) is 0.134. The van der Waals surface area contributed by atoms with Gasteiger partial charge in [-0.1, -0.05) is 49.3 Å². The third kappa shape index (κ3) is 10.8. The molecular formula is C24H39N3O6. The van der Waals surface area contributed by atoms with Crippen LogP contribution >= 0.6 is 0 Å². The van der Waals surface area contributed by atoms with Gasteiger partial charge in [-0.05, 0) is 29.9 Å². The summed E-state index contributed by atoms with van der Waals surface area (Å²) < 4.78 is 34.5. The second-order valence-electron chi connectivity index (χ2n) is 8.23. The lowest BCUT2D eigenvalue weighted by Gasteiger charge is -2.43. The molecule has 1 aliphatic heterocycles. The molecular weight excluding hydrogens is 426 g/mol. The summed E-state index contributed by atoms with van der Waals surface area (Å²) in [6, 6.07) is 10.2. The molecule has 0 radical (unpaired) electrons. The molecule has 1 heterocycles. The topological polar surface area (TPSA) is 104 Å². The van der Waals surface area contributed by atoms with Crippen molar-refractivity contribution in [3.05, 3.63) is 46.3 Å². The smallest absolute Gasteiger partial charge is 0.0867 e. The van der Waals surface area contributed by atoms with Crippen molar-refractivity contribution in [3.8, 4) is 0 Å². The van der Waals surface area contributed by atoms with Crippen LogP contribution in [0.25, 0.3) is 10.4 Å². The van der Waals surface area contributed by atoms with E-state index in [1.54, 1.807) is 0 Å². The summed E-state index contributed by atoms with van der Waals surface area (Å²) >= 11 is 0. The summed E-state index contributed by atoms with van der Waals surface area (Å²) in [4.78, 5) is 2.66. The predicted octanol–water partition coefficient (Wildman–Crippen LogP) is 4.01. The molecule has 33 heavy (non-hydrogen) atoms. The van der Waals surface area contributed by atoms with Crippen molar-refractivity contribution in [2.75, 3.05) is 59.4 Å². The van der Waals surface area contributed by atoms with Gasteiger partial charge in [0.2, 0.25) is 0 Å². The molecule has 0 amide bonds. The Hall–Kier alpha value is -1.71. The van der Waals surface area contributed by atoms with Gasteiger partial charge >= 0.3 is 0 Å². The average Bonchev–Trinajstić information content (AvgIpc) is 2.83. The van der Waals surface area contributed by atoms with E-state index in [-0.39, 0.29) is 18.3 Å². The zero-order valence-electron chi connectivity index (χ0n) is 20.1. The molecule has 2 rings (SSSR count). The maximum absolute atomic E-state index is 8.15. The van der Waals surface area contributed by atoms with E-state index >= 15 is 0 Å². The molecule has 0 aliphatic carbocycles. The van der Waals surface area contributed by atoms with Gasteiger partial charge in [-0.15, -0.1) is 0 Å². The predicted molar refractivity (Wildman–Crippen MR) is 125 cm³/mol. The van der Waals surface area contributed by atoms with Gasteiger partial charge in [-0.2, -0.15) is 0 Å². The highest BCUT2D eigenvalue weighted by Crippen LogP contribution is 2.33. The van der Waals surface area contributed by atoms with Crippen LogP contribution < -0.4 is 0 Å². The normalized spacial score (nSPS) is 25.0. The lowest BCUT2D eigenvalue weighted by molar-refractivity contribution is -0.197. The Balaban J connectivity index is 1.50. The maximum atomic E-state index is 8.15. The van der Waals surface area contributed by atoms with Gasteiger partial charge in [-0.3, -0.25) is 0 Å². The molecule has 0 N–H and O–H groups in total. The molecule has 1 aliphatic rings. The third-order valence-electron chi connectivity index (χ3n) is 5.87. The number of hydrogen-bond donors (Lipinski definition) is 0. The fraction of sp³-hybridized carbons (Fsp3) is 0.750. The van der Waals surface area contributed by atoms with Gasteiger partial charge in [0.05, 0.1) is 77.8 Å². The SMILES string of the molecule is CC1OC(COCCOCCOCCOCCN=[N+]=[N-])[C@@H](C)[C@H](C)C1OCc1ccccc1. The molecule has 5 atom stereocenters. The van der Waals surface area contributed by atoms with Crippen molar-refractivity contribution >= 4 is 0 Å². The minimum absolute atomic E-state index is 0.0185. The summed E-state index contributed by atoms with van der Waals surface area (Å²) in [6.45, 7) is 11.4. The molecule has 0 spiro atoms. The zero-order valence-corrected chi connectivity index (χ0v) is 20.1. The minimum atomic E-state index is 0.0185. The fourth-order valence-electron chi connectivity index (χ4n) is 3.80. The van der Waals surface area contributed by atoms with Crippen LogP contribution in [-0.2, 0) is 35.0 Å². The number of ether oxygens (including phenoxy) is 6. The second-order valence-corrected chi connectivity index (χ2v) is 8.23. The molecule has 1 fully saturated rings. The Kier molecular flexibility index (Phi) is 14.0. The van der Waals surface area contributed by atoms with Gasteiger partial charge in [0.15, 0.2) is 0 Å². The Morgan fingerprint density at radius 1 is 0.848 bits per heavy atom. The molecule has 0 aromatic heterocycles. The second kappa shape index (κ2) is 16.8. The standard InChI is InChI=1S/C24H39N3O6/c1-19-20(2)24(32-17-22-7-5-4-6-8-22)21(3)33-23(19)18-31-16-15-30-14-13-29-12-11-28-10-9-26-27-25/h4-8,19-21,23-24H,9-18H2,1-3H3/t19-,20-,21?,23?,24?/m0/s1. The van der Waals surface area contributed by atoms with E-state index in [0.29, 0.717) is 77.8 Å². The molecule has 186 valence electrons. The van der Waals surface area contributed by atoms with Crippen LogP contribution in [0, 0.1) is 11.8 Å². The quantitative estimate of drug-likeness (QED) is 0.149. The molecule has 9 heteroatoms. The van der Waals surface area contributed by atoms with Crippen molar-refractivity contribution in [2.45, 2.75) is 45.7 Å². The van der Waals surface area contributed by atoms with Crippen molar-refractivity contribution in [1.29, 1.82) is 0 Å². The number of azide groups is 1. The summed E-state index contributed by atoms with van der Waals surface area (Å²) in [5, 5.41) is 3.39. The first-order chi connectivity index (χ1) is 16.1. The molecule has 1 aromatic carbocycles. The number of rotatable bonds is 17. The van der Waals surface area contributed by atoms with Crippen LogP contribution in [-0.4, -0.2) is 77.7 Å². The number of nitrogens with zero attached hydrogens (tertiary/aromatic N) is 3. The van der Waals surface area contributed by atoms with Crippen molar-refractivity contribution < 1.29 is 28.4 Å². The third-order valence-corrected chi connectivity index (χ3v) is 5.87. The van der Waals surface area contributed by atoms with Crippen molar-refractivity contribution in [1.82, 2.24) is 0 Å². The highest BCUT2D eigenvalue weighted by molar-refractivity contribution is 5.13. The van der Waals surface area contributed by atoms with Crippen LogP contribution in [0.4, 0.5) is 0 Å². The fourth-order valence-corrected chi connectivity index (χ4v) is 3.80. The lowest BCUT2D eigenvalue weighted by Crippen LogP contribution is -2.50. The van der Waals surface area contributed by atoms with E-state index < -0.39 is 0 Å². The first-order valence-corrected chi connectivity index (χ1v) is 11.8. The van der Waals surface area contributed by atoms with E-state index in [0.717, 1.165) is 0 Å². The van der Waals surface area contributed by atoms with Crippen molar-refractivity contribution in [2.24, 2.45) is 17.0 Å². The Morgan fingerprint density at radius 2 is 1.45 bits per heavy atom. The van der Waals surface area contributed by atoms with Gasteiger partial charge in [0, 0.05) is 11.5 Å². The van der Waals surface area contributed by atoms with Crippen LogP contribution in [0.2, 0.25) is 0 Å². The lowest BCUT2D eigenvalue weighted by atomic mass is 9.81. The number of hydrogen-bond acceptors (Lipinski definition) is 7. The summed E-state index contributed by atoms with van der Waals surface area (Å²) in [5.74, 6) is 0.715. The maximum Gasteiger partial charge on any atom is 0.0867 e. The van der Waals surface area contributed by atoms with E-state index in [9.17, 15) is 0 Å². The minimum Gasteiger partial charge on any atom is -0.379 e.